The molecule has 0 heterocycles. The predicted molar refractivity (Wildman–Crippen MR) is 74.2 cm³/mol. The molecule has 1 unspecified atom stereocenters. The van der Waals surface area contributed by atoms with E-state index in [9.17, 15) is 9.59 Å². The van der Waals surface area contributed by atoms with Crippen molar-refractivity contribution in [3.63, 3.8) is 0 Å². The molecule has 0 aromatic heterocycles. The first-order valence-corrected chi connectivity index (χ1v) is 6.50. The topological polar surface area (TPSA) is 66.4 Å². The van der Waals surface area contributed by atoms with E-state index in [4.69, 9.17) is 5.11 Å². The molecule has 0 saturated carbocycles. The highest BCUT2D eigenvalue weighted by Gasteiger charge is 2.10. The summed E-state index contributed by atoms with van der Waals surface area (Å²) in [5, 5.41) is 11.7. The molecular formula is C15H21NO3. The second-order valence-corrected chi connectivity index (χ2v) is 5.28. The summed E-state index contributed by atoms with van der Waals surface area (Å²) in [5.74, 6) is -0.442. The minimum atomic E-state index is -0.957. The zero-order valence-electron chi connectivity index (χ0n) is 11.6. The van der Waals surface area contributed by atoms with Crippen molar-refractivity contribution in [1.82, 2.24) is 5.32 Å². The van der Waals surface area contributed by atoms with Crippen molar-refractivity contribution in [2.75, 3.05) is 0 Å². The molecule has 1 aromatic carbocycles. The standard InChI is InChI=1S/C15H21NO3/c1-10(2)8-11(3)16-14(17)9-12-4-6-13(7-5-12)15(18)19/h4-7,10-11H,8-9H2,1-3H3,(H,16,17)(H,18,19). The number of nitrogens with one attached hydrogen (secondary N) is 1. The summed E-state index contributed by atoms with van der Waals surface area (Å²) in [7, 11) is 0. The molecule has 0 aliphatic heterocycles. The van der Waals surface area contributed by atoms with E-state index < -0.39 is 5.97 Å². The maximum atomic E-state index is 11.8. The number of hydrogen-bond acceptors (Lipinski definition) is 2. The predicted octanol–water partition coefficient (Wildman–Crippen LogP) is 2.48. The summed E-state index contributed by atoms with van der Waals surface area (Å²) < 4.78 is 0. The van der Waals surface area contributed by atoms with Gasteiger partial charge in [0.05, 0.1) is 12.0 Å². The highest BCUT2D eigenvalue weighted by atomic mass is 16.4. The molecule has 19 heavy (non-hydrogen) atoms. The monoisotopic (exact) mass is 263 g/mol. The third-order valence-electron chi connectivity index (χ3n) is 2.80. The first-order chi connectivity index (χ1) is 8.88. The molecule has 2 N–H and O–H groups in total. The van der Waals surface area contributed by atoms with Crippen molar-refractivity contribution in [1.29, 1.82) is 0 Å². The zero-order valence-corrected chi connectivity index (χ0v) is 11.6. The lowest BCUT2D eigenvalue weighted by Gasteiger charge is -2.15. The maximum Gasteiger partial charge on any atom is 0.335 e. The first kappa shape index (κ1) is 15.2. The fourth-order valence-electron chi connectivity index (χ4n) is 2.04. The van der Waals surface area contributed by atoms with Gasteiger partial charge in [0.15, 0.2) is 0 Å². The fourth-order valence-corrected chi connectivity index (χ4v) is 2.04. The van der Waals surface area contributed by atoms with Crippen LogP contribution in [0.5, 0.6) is 0 Å². The van der Waals surface area contributed by atoms with Gasteiger partial charge in [0, 0.05) is 6.04 Å². The highest BCUT2D eigenvalue weighted by Crippen LogP contribution is 2.07. The Labute approximate surface area is 113 Å². The van der Waals surface area contributed by atoms with Crippen LogP contribution in [0.3, 0.4) is 0 Å². The largest absolute Gasteiger partial charge is 0.478 e. The Bertz CT molecular complexity index is 437. The average Bonchev–Trinajstić information content (AvgIpc) is 2.27. The van der Waals surface area contributed by atoms with Crippen LogP contribution < -0.4 is 5.32 Å². The number of carboxylic acid groups (broad SMARTS) is 1. The lowest BCUT2D eigenvalue weighted by molar-refractivity contribution is -0.121. The van der Waals surface area contributed by atoms with Crippen molar-refractivity contribution in [2.24, 2.45) is 5.92 Å². The van der Waals surface area contributed by atoms with Crippen molar-refractivity contribution in [3.8, 4) is 0 Å². The average molecular weight is 263 g/mol. The van der Waals surface area contributed by atoms with Gasteiger partial charge in [0.2, 0.25) is 5.91 Å². The van der Waals surface area contributed by atoms with Gasteiger partial charge in [-0.2, -0.15) is 0 Å². The number of carbonyl (C=O) groups excluding carboxylic acids is 1. The van der Waals surface area contributed by atoms with Gasteiger partial charge < -0.3 is 10.4 Å². The third kappa shape index (κ3) is 5.55. The van der Waals surface area contributed by atoms with Gasteiger partial charge in [0.25, 0.3) is 0 Å². The molecule has 0 aliphatic rings. The molecule has 0 bridgehead atoms. The van der Waals surface area contributed by atoms with Gasteiger partial charge in [0.1, 0.15) is 0 Å². The summed E-state index contributed by atoms with van der Waals surface area (Å²) in [6.45, 7) is 6.23. The SMILES string of the molecule is CC(C)CC(C)NC(=O)Cc1ccc(C(=O)O)cc1. The quantitative estimate of drug-likeness (QED) is 0.828. The molecule has 4 heteroatoms. The Morgan fingerprint density at radius 2 is 1.74 bits per heavy atom. The number of rotatable bonds is 6. The molecule has 1 aromatic rings. The molecule has 0 fully saturated rings. The van der Waals surface area contributed by atoms with Crippen LogP contribution in [-0.4, -0.2) is 23.0 Å². The molecule has 0 aliphatic carbocycles. The number of carboxylic acids is 1. The smallest absolute Gasteiger partial charge is 0.335 e. The lowest BCUT2D eigenvalue weighted by atomic mass is 10.0. The van der Waals surface area contributed by atoms with Crippen LogP contribution in [-0.2, 0) is 11.2 Å². The molecule has 0 saturated heterocycles. The number of benzene rings is 1. The van der Waals surface area contributed by atoms with Crippen LogP contribution in [0.4, 0.5) is 0 Å². The van der Waals surface area contributed by atoms with E-state index >= 15 is 0 Å². The number of aromatic carboxylic acids is 1. The van der Waals surface area contributed by atoms with Gasteiger partial charge in [-0.25, -0.2) is 4.79 Å². The molecule has 1 rings (SSSR count). The van der Waals surface area contributed by atoms with E-state index in [1.807, 2.05) is 6.92 Å². The van der Waals surface area contributed by atoms with E-state index in [1.54, 1.807) is 12.1 Å². The minimum absolute atomic E-state index is 0.0313. The Morgan fingerprint density at radius 1 is 1.16 bits per heavy atom. The second kappa shape index (κ2) is 6.92. The van der Waals surface area contributed by atoms with E-state index in [1.165, 1.54) is 12.1 Å². The zero-order chi connectivity index (χ0) is 14.4. The van der Waals surface area contributed by atoms with E-state index in [2.05, 4.69) is 19.2 Å². The number of carbonyl (C=O) groups is 2. The van der Waals surface area contributed by atoms with Crippen LogP contribution in [0.15, 0.2) is 24.3 Å². The molecule has 1 amide bonds. The van der Waals surface area contributed by atoms with Gasteiger partial charge in [-0.15, -0.1) is 0 Å². The van der Waals surface area contributed by atoms with E-state index in [-0.39, 0.29) is 23.9 Å². The molecule has 4 nitrogen and oxygen atoms in total. The Morgan fingerprint density at radius 3 is 2.21 bits per heavy atom. The molecular weight excluding hydrogens is 242 g/mol. The van der Waals surface area contributed by atoms with Crippen molar-refractivity contribution < 1.29 is 14.7 Å². The van der Waals surface area contributed by atoms with Crippen LogP contribution in [0.2, 0.25) is 0 Å². The van der Waals surface area contributed by atoms with E-state index in [0.717, 1.165) is 12.0 Å². The van der Waals surface area contributed by atoms with Crippen LogP contribution >= 0.6 is 0 Å². The van der Waals surface area contributed by atoms with Crippen LogP contribution in [0.25, 0.3) is 0 Å². The summed E-state index contributed by atoms with van der Waals surface area (Å²) in [4.78, 5) is 22.5. The fraction of sp³-hybridized carbons (Fsp3) is 0.467. The molecule has 0 spiro atoms. The van der Waals surface area contributed by atoms with Crippen molar-refractivity contribution >= 4 is 11.9 Å². The minimum Gasteiger partial charge on any atom is -0.478 e. The van der Waals surface area contributed by atoms with Gasteiger partial charge in [-0.05, 0) is 37.0 Å². The normalized spacial score (nSPS) is 12.2. The highest BCUT2D eigenvalue weighted by molar-refractivity contribution is 5.87. The molecule has 104 valence electrons. The molecule has 0 radical (unpaired) electrons. The molecule has 1 atom stereocenters. The maximum absolute atomic E-state index is 11.8. The summed E-state index contributed by atoms with van der Waals surface area (Å²) in [6, 6.07) is 6.54. The first-order valence-electron chi connectivity index (χ1n) is 6.50. The third-order valence-corrected chi connectivity index (χ3v) is 2.80. The summed E-state index contributed by atoms with van der Waals surface area (Å²) in [6.07, 6.45) is 1.23. The Hall–Kier alpha value is -1.84. The van der Waals surface area contributed by atoms with Crippen molar-refractivity contribution in [2.45, 2.75) is 39.7 Å². The Kier molecular flexibility index (Phi) is 5.55. The number of amides is 1. The Balaban J connectivity index is 2.50. The van der Waals surface area contributed by atoms with Crippen LogP contribution in [0.1, 0.15) is 43.1 Å². The van der Waals surface area contributed by atoms with Gasteiger partial charge in [-0.1, -0.05) is 26.0 Å². The summed E-state index contributed by atoms with van der Waals surface area (Å²) >= 11 is 0. The number of hydrogen-bond donors (Lipinski definition) is 2. The van der Waals surface area contributed by atoms with E-state index in [0.29, 0.717) is 5.92 Å². The van der Waals surface area contributed by atoms with Gasteiger partial charge in [-0.3, -0.25) is 4.79 Å². The van der Waals surface area contributed by atoms with Crippen LogP contribution in [0, 0.1) is 5.92 Å². The second-order valence-electron chi connectivity index (χ2n) is 5.28. The van der Waals surface area contributed by atoms with Crippen molar-refractivity contribution in [3.05, 3.63) is 35.4 Å². The lowest BCUT2D eigenvalue weighted by Crippen LogP contribution is -2.34. The van der Waals surface area contributed by atoms with Gasteiger partial charge >= 0.3 is 5.97 Å². The summed E-state index contributed by atoms with van der Waals surface area (Å²) in [5.41, 5.74) is 1.05.